The molecule has 2 heterocycles. The van der Waals surface area contributed by atoms with Gasteiger partial charge in [0.05, 0.1) is 0 Å². The van der Waals surface area contributed by atoms with E-state index in [0.717, 1.165) is 38.6 Å². The fourth-order valence-corrected chi connectivity index (χ4v) is 10.9. The summed E-state index contributed by atoms with van der Waals surface area (Å²) in [6.45, 7) is 1.11. The molecule has 0 fully saturated rings. The summed E-state index contributed by atoms with van der Waals surface area (Å²) in [5.41, 5.74) is 22.2. The van der Waals surface area contributed by atoms with Gasteiger partial charge in [0.1, 0.15) is 0 Å². The Labute approximate surface area is 335 Å². The van der Waals surface area contributed by atoms with Crippen LogP contribution in [0.3, 0.4) is 0 Å². The molecule has 0 bridgehead atoms. The minimum Gasteiger partial charge on any atom is -0.345 e. The van der Waals surface area contributed by atoms with Gasteiger partial charge in [-0.2, -0.15) is 0 Å². The molecule has 2 nitrogen and oxygen atoms in total. The van der Waals surface area contributed by atoms with Crippen LogP contribution in [0.1, 0.15) is 70.2 Å². The molecule has 0 N–H and O–H groups in total. The van der Waals surface area contributed by atoms with Gasteiger partial charge in [-0.3, -0.25) is 0 Å². The Balaban J connectivity index is 0.880. The number of benzene rings is 7. The van der Waals surface area contributed by atoms with E-state index in [0.29, 0.717) is 0 Å². The minimum atomic E-state index is -0.0519. The fourth-order valence-electron chi connectivity index (χ4n) is 10.9. The summed E-state index contributed by atoms with van der Waals surface area (Å²) in [5.74, 6) is 0. The molecule has 0 atom stereocenters. The van der Waals surface area contributed by atoms with Gasteiger partial charge in [-0.1, -0.05) is 127 Å². The van der Waals surface area contributed by atoms with Crippen molar-refractivity contribution in [2.24, 2.45) is 0 Å². The molecular weight excluding hydrogens is 689 g/mol. The van der Waals surface area contributed by atoms with Gasteiger partial charge in [-0.05, 0) is 153 Å². The SMILES string of the molecule is C1=CC2=C(CC1)N(c1ccc3c(c1)C1(Cc4ccccc4C1)c1cc(/C=C/c4ccc5cc(N6c7ccccc7Cc7ccccc76)ccc5c4)ccc1-3)CCC2. The Bertz CT molecular complexity index is 2820. The average molecular weight is 733 g/mol. The lowest BCUT2D eigenvalue weighted by Gasteiger charge is -2.36. The Morgan fingerprint density at radius 1 is 0.526 bits per heavy atom. The zero-order valence-corrected chi connectivity index (χ0v) is 32.2. The zero-order chi connectivity index (χ0) is 37.5. The standard InChI is InChI=1S/C55H44N2/c1-2-14-45-36-55(35-44(45)13-1)50-31-38(22-27-48(50)49-28-26-46(34-51(49)55)56-29-9-15-39-10-3-6-16-52(39)56)20-19-37-21-23-41-33-47(25-24-40(41)30-37)57-53-17-7-4-11-42(53)32-43-12-5-8-18-54(43)57/h1-5,7-8,10-14,17-28,30-31,33-34H,6,9,15-16,29,32,35-36H2/b20-19+. The third kappa shape index (κ3) is 5.23. The lowest BCUT2D eigenvalue weighted by Crippen LogP contribution is -2.30. The van der Waals surface area contributed by atoms with Crippen molar-refractivity contribution in [2.75, 3.05) is 16.3 Å². The molecule has 57 heavy (non-hydrogen) atoms. The van der Waals surface area contributed by atoms with Crippen molar-refractivity contribution in [2.45, 2.75) is 50.4 Å². The topological polar surface area (TPSA) is 6.48 Å². The number of rotatable bonds is 4. The summed E-state index contributed by atoms with van der Waals surface area (Å²) in [4.78, 5) is 5.07. The quantitative estimate of drug-likeness (QED) is 0.166. The predicted octanol–water partition coefficient (Wildman–Crippen LogP) is 13.7. The van der Waals surface area contributed by atoms with Gasteiger partial charge in [-0.25, -0.2) is 0 Å². The number of nitrogens with zero attached hydrogens (tertiary/aromatic N) is 2. The van der Waals surface area contributed by atoms with Crippen molar-refractivity contribution in [1.29, 1.82) is 0 Å². The van der Waals surface area contributed by atoms with E-state index in [1.165, 1.54) is 102 Å². The Kier molecular flexibility index (Phi) is 7.39. The normalized spacial score (nSPS) is 17.1. The molecule has 0 saturated heterocycles. The molecule has 12 rings (SSSR count). The van der Waals surface area contributed by atoms with E-state index in [-0.39, 0.29) is 5.41 Å². The summed E-state index contributed by atoms with van der Waals surface area (Å²) in [7, 11) is 0. The molecule has 1 spiro atoms. The second kappa shape index (κ2) is 12.8. The van der Waals surface area contributed by atoms with Crippen molar-refractivity contribution in [3.8, 4) is 11.1 Å². The van der Waals surface area contributed by atoms with Crippen LogP contribution in [0.2, 0.25) is 0 Å². The van der Waals surface area contributed by atoms with Crippen LogP contribution in [0.4, 0.5) is 22.7 Å². The summed E-state index contributed by atoms with van der Waals surface area (Å²) in [6, 6.07) is 55.2. The van der Waals surface area contributed by atoms with Crippen LogP contribution in [0, 0.1) is 0 Å². The molecule has 0 unspecified atom stereocenters. The smallest absolute Gasteiger partial charge is 0.0497 e. The van der Waals surface area contributed by atoms with E-state index in [4.69, 9.17) is 0 Å². The number of allylic oxidation sites excluding steroid dienone is 4. The van der Waals surface area contributed by atoms with Crippen molar-refractivity contribution in [3.05, 3.63) is 214 Å². The Morgan fingerprint density at radius 3 is 1.91 bits per heavy atom. The average Bonchev–Trinajstić information content (AvgIpc) is 3.79. The van der Waals surface area contributed by atoms with Crippen molar-refractivity contribution < 1.29 is 0 Å². The van der Waals surface area contributed by atoms with Crippen LogP contribution in [-0.4, -0.2) is 6.54 Å². The van der Waals surface area contributed by atoms with Crippen LogP contribution in [0.25, 0.3) is 34.1 Å². The van der Waals surface area contributed by atoms with E-state index in [1.807, 2.05) is 0 Å². The van der Waals surface area contributed by atoms with E-state index in [2.05, 4.69) is 180 Å². The van der Waals surface area contributed by atoms with Gasteiger partial charge in [0.2, 0.25) is 0 Å². The molecule has 2 heteroatoms. The summed E-state index contributed by atoms with van der Waals surface area (Å²) in [6.07, 6.45) is 17.2. The number of hydrogen-bond acceptors (Lipinski definition) is 2. The van der Waals surface area contributed by atoms with Crippen LogP contribution in [0.15, 0.2) is 169 Å². The van der Waals surface area contributed by atoms with Gasteiger partial charge in [0, 0.05) is 46.8 Å². The summed E-state index contributed by atoms with van der Waals surface area (Å²) in [5, 5.41) is 2.50. The number of fused-ring (bicyclic) bond motifs is 9. The highest BCUT2D eigenvalue weighted by Crippen LogP contribution is 2.56. The molecule has 0 aromatic heterocycles. The molecular formula is C55H44N2. The summed E-state index contributed by atoms with van der Waals surface area (Å²) < 4.78 is 0. The van der Waals surface area contributed by atoms with Gasteiger partial charge < -0.3 is 9.80 Å². The Hall–Kier alpha value is -6.38. The number of anilines is 4. The van der Waals surface area contributed by atoms with Crippen LogP contribution in [0.5, 0.6) is 0 Å². The second-order valence-electron chi connectivity index (χ2n) is 16.8. The summed E-state index contributed by atoms with van der Waals surface area (Å²) >= 11 is 0. The zero-order valence-electron chi connectivity index (χ0n) is 32.2. The van der Waals surface area contributed by atoms with Crippen LogP contribution < -0.4 is 9.80 Å². The number of para-hydroxylation sites is 2. The van der Waals surface area contributed by atoms with Crippen molar-refractivity contribution >= 4 is 45.7 Å². The molecule has 7 aromatic carbocycles. The molecule has 5 aliphatic rings. The highest BCUT2D eigenvalue weighted by molar-refractivity contribution is 5.93. The Morgan fingerprint density at radius 2 is 1.14 bits per heavy atom. The second-order valence-corrected chi connectivity index (χ2v) is 16.8. The van der Waals surface area contributed by atoms with Gasteiger partial charge in [0.25, 0.3) is 0 Å². The fraction of sp³-hybridized carbons (Fsp3) is 0.164. The first-order valence-corrected chi connectivity index (χ1v) is 20.9. The lowest BCUT2D eigenvalue weighted by atomic mass is 9.75. The first kappa shape index (κ1) is 32.8. The van der Waals surface area contributed by atoms with Crippen molar-refractivity contribution in [1.82, 2.24) is 0 Å². The van der Waals surface area contributed by atoms with Gasteiger partial charge >= 0.3 is 0 Å². The third-order valence-electron chi connectivity index (χ3n) is 13.6. The first-order chi connectivity index (χ1) is 28.2. The number of hydrogen-bond donors (Lipinski definition) is 0. The van der Waals surface area contributed by atoms with Crippen LogP contribution >= 0.6 is 0 Å². The lowest BCUT2D eigenvalue weighted by molar-refractivity contribution is 0.563. The predicted molar refractivity (Wildman–Crippen MR) is 239 cm³/mol. The molecule has 274 valence electrons. The largest absolute Gasteiger partial charge is 0.345 e. The maximum absolute atomic E-state index is 2.64. The van der Waals surface area contributed by atoms with E-state index >= 15 is 0 Å². The van der Waals surface area contributed by atoms with E-state index < -0.39 is 0 Å². The van der Waals surface area contributed by atoms with Gasteiger partial charge in [0.15, 0.2) is 0 Å². The highest BCUT2D eigenvalue weighted by atomic mass is 15.2. The maximum atomic E-state index is 2.64. The molecule has 0 radical (unpaired) electrons. The third-order valence-corrected chi connectivity index (χ3v) is 13.6. The monoisotopic (exact) mass is 732 g/mol. The highest BCUT2D eigenvalue weighted by Gasteiger charge is 2.47. The first-order valence-electron chi connectivity index (χ1n) is 20.9. The van der Waals surface area contributed by atoms with Crippen LogP contribution in [-0.2, 0) is 24.7 Å². The molecule has 0 amide bonds. The minimum absolute atomic E-state index is 0.0519. The van der Waals surface area contributed by atoms with Crippen molar-refractivity contribution in [3.63, 3.8) is 0 Å². The maximum Gasteiger partial charge on any atom is 0.0497 e. The van der Waals surface area contributed by atoms with E-state index in [1.54, 1.807) is 11.3 Å². The van der Waals surface area contributed by atoms with Gasteiger partial charge in [-0.15, -0.1) is 0 Å². The van der Waals surface area contributed by atoms with E-state index in [9.17, 15) is 0 Å². The molecule has 2 aliphatic heterocycles. The molecule has 3 aliphatic carbocycles. The molecule has 7 aromatic rings. The molecule has 0 saturated carbocycles.